The number of carbonyl (C=O) groups is 1. The van der Waals surface area contributed by atoms with Crippen molar-refractivity contribution in [1.29, 1.82) is 0 Å². The first-order chi connectivity index (χ1) is 9.20. The molecule has 0 saturated carbocycles. The third-order valence-corrected chi connectivity index (χ3v) is 2.99. The van der Waals surface area contributed by atoms with Gasteiger partial charge in [0, 0.05) is 5.56 Å². The third-order valence-electron chi connectivity index (χ3n) is 2.99. The number of rotatable bonds is 4. The van der Waals surface area contributed by atoms with Crippen LogP contribution in [0.3, 0.4) is 0 Å². The SMILES string of the molecule is C=CC(=O)c1ccc(/C(C)=C/c2ccccc2)cc1. The van der Waals surface area contributed by atoms with E-state index in [-0.39, 0.29) is 5.78 Å². The molecule has 0 unspecified atom stereocenters. The van der Waals surface area contributed by atoms with Crippen molar-refractivity contribution in [2.24, 2.45) is 0 Å². The maximum Gasteiger partial charge on any atom is 0.185 e. The van der Waals surface area contributed by atoms with Gasteiger partial charge in [0.2, 0.25) is 0 Å². The van der Waals surface area contributed by atoms with Crippen LogP contribution in [0.15, 0.2) is 67.3 Å². The van der Waals surface area contributed by atoms with Crippen molar-refractivity contribution in [2.75, 3.05) is 0 Å². The molecule has 94 valence electrons. The normalized spacial score (nSPS) is 11.1. The Kier molecular flexibility index (Phi) is 4.09. The summed E-state index contributed by atoms with van der Waals surface area (Å²) in [6, 6.07) is 17.8. The molecule has 0 saturated heterocycles. The molecule has 0 aromatic heterocycles. The van der Waals surface area contributed by atoms with Crippen LogP contribution < -0.4 is 0 Å². The average Bonchev–Trinajstić information content (AvgIpc) is 2.47. The number of carbonyl (C=O) groups excluding carboxylic acids is 1. The molecule has 0 heterocycles. The van der Waals surface area contributed by atoms with Crippen molar-refractivity contribution >= 4 is 17.4 Å². The molecule has 0 spiro atoms. The second-order valence-corrected chi connectivity index (χ2v) is 4.38. The molecule has 19 heavy (non-hydrogen) atoms. The first kappa shape index (κ1) is 13.0. The quantitative estimate of drug-likeness (QED) is 0.438. The van der Waals surface area contributed by atoms with Crippen molar-refractivity contribution < 1.29 is 4.79 Å². The Labute approximate surface area is 113 Å². The Morgan fingerprint density at radius 3 is 2.11 bits per heavy atom. The molecular formula is C18H16O. The third kappa shape index (κ3) is 3.29. The van der Waals surface area contributed by atoms with Gasteiger partial charge in [-0.15, -0.1) is 0 Å². The van der Waals surface area contributed by atoms with Crippen molar-refractivity contribution in [1.82, 2.24) is 0 Å². The van der Waals surface area contributed by atoms with Crippen LogP contribution in [-0.4, -0.2) is 5.78 Å². The monoisotopic (exact) mass is 248 g/mol. The summed E-state index contributed by atoms with van der Waals surface area (Å²) < 4.78 is 0. The summed E-state index contributed by atoms with van der Waals surface area (Å²) in [4.78, 5) is 11.5. The standard InChI is InChI=1S/C18H16O/c1-3-18(19)17-11-9-16(10-12-17)14(2)13-15-7-5-4-6-8-15/h3-13H,1H2,2H3/b14-13+. The van der Waals surface area contributed by atoms with Crippen LogP contribution in [0, 0.1) is 0 Å². The molecule has 2 aromatic carbocycles. The van der Waals surface area contributed by atoms with E-state index in [2.05, 4.69) is 31.7 Å². The van der Waals surface area contributed by atoms with Crippen molar-refractivity contribution in [2.45, 2.75) is 6.92 Å². The molecule has 0 amide bonds. The molecular weight excluding hydrogens is 232 g/mol. The maximum absolute atomic E-state index is 11.5. The van der Waals surface area contributed by atoms with E-state index < -0.39 is 0 Å². The fraction of sp³-hybridized carbons (Fsp3) is 0.0556. The largest absolute Gasteiger partial charge is 0.289 e. The number of allylic oxidation sites excluding steroid dienone is 2. The highest BCUT2D eigenvalue weighted by Crippen LogP contribution is 2.18. The van der Waals surface area contributed by atoms with E-state index in [9.17, 15) is 4.79 Å². The minimum Gasteiger partial charge on any atom is -0.289 e. The molecule has 1 nitrogen and oxygen atoms in total. The summed E-state index contributed by atoms with van der Waals surface area (Å²) in [5, 5.41) is 0. The van der Waals surface area contributed by atoms with Crippen molar-refractivity contribution in [3.63, 3.8) is 0 Å². The van der Waals surface area contributed by atoms with Gasteiger partial charge < -0.3 is 0 Å². The highest BCUT2D eigenvalue weighted by Gasteiger charge is 2.01. The summed E-state index contributed by atoms with van der Waals surface area (Å²) in [5.74, 6) is -0.0451. The molecule has 2 aromatic rings. The van der Waals surface area contributed by atoms with E-state index in [0.29, 0.717) is 5.56 Å². The van der Waals surface area contributed by atoms with Crippen molar-refractivity contribution in [3.8, 4) is 0 Å². The average molecular weight is 248 g/mol. The predicted octanol–water partition coefficient (Wildman–Crippen LogP) is 4.62. The van der Waals surface area contributed by atoms with Crippen LogP contribution in [0.25, 0.3) is 11.6 Å². The summed E-state index contributed by atoms with van der Waals surface area (Å²) in [6.07, 6.45) is 3.46. The summed E-state index contributed by atoms with van der Waals surface area (Å²) >= 11 is 0. The predicted molar refractivity (Wildman–Crippen MR) is 81.0 cm³/mol. The molecule has 0 fully saturated rings. The lowest BCUT2D eigenvalue weighted by Gasteiger charge is -2.03. The zero-order chi connectivity index (χ0) is 13.7. The maximum atomic E-state index is 11.5. The molecule has 0 bridgehead atoms. The van der Waals surface area contributed by atoms with Gasteiger partial charge in [-0.3, -0.25) is 4.79 Å². The zero-order valence-electron chi connectivity index (χ0n) is 11.0. The molecule has 0 aliphatic carbocycles. The molecule has 0 aliphatic rings. The van der Waals surface area contributed by atoms with Gasteiger partial charge in [0.1, 0.15) is 0 Å². The van der Waals surface area contributed by atoms with E-state index in [4.69, 9.17) is 0 Å². The van der Waals surface area contributed by atoms with Crippen LogP contribution in [0.2, 0.25) is 0 Å². The van der Waals surface area contributed by atoms with Crippen LogP contribution in [0.4, 0.5) is 0 Å². The number of hydrogen-bond donors (Lipinski definition) is 0. The molecule has 1 heteroatoms. The second-order valence-electron chi connectivity index (χ2n) is 4.38. The van der Waals surface area contributed by atoms with Gasteiger partial charge in [0.25, 0.3) is 0 Å². The van der Waals surface area contributed by atoms with E-state index in [0.717, 1.165) is 5.56 Å². The highest BCUT2D eigenvalue weighted by molar-refractivity contribution is 6.04. The topological polar surface area (TPSA) is 17.1 Å². The van der Waals surface area contributed by atoms with E-state index in [1.807, 2.05) is 42.5 Å². The molecule has 0 aliphatic heterocycles. The fourth-order valence-corrected chi connectivity index (χ4v) is 1.90. The minimum atomic E-state index is -0.0451. The lowest BCUT2D eigenvalue weighted by molar-refractivity contribution is 0.104. The number of benzene rings is 2. The molecule has 0 radical (unpaired) electrons. The first-order valence-corrected chi connectivity index (χ1v) is 6.21. The van der Waals surface area contributed by atoms with Crippen LogP contribution in [-0.2, 0) is 0 Å². The number of ketones is 1. The first-order valence-electron chi connectivity index (χ1n) is 6.21. The van der Waals surface area contributed by atoms with Gasteiger partial charge in [-0.2, -0.15) is 0 Å². The molecule has 0 N–H and O–H groups in total. The van der Waals surface area contributed by atoms with Gasteiger partial charge in [-0.05, 0) is 29.7 Å². The highest BCUT2D eigenvalue weighted by atomic mass is 16.1. The van der Waals surface area contributed by atoms with E-state index in [1.54, 1.807) is 0 Å². The fourth-order valence-electron chi connectivity index (χ4n) is 1.90. The van der Waals surface area contributed by atoms with Crippen LogP contribution >= 0.6 is 0 Å². The van der Waals surface area contributed by atoms with E-state index in [1.165, 1.54) is 17.2 Å². The second kappa shape index (κ2) is 5.96. The van der Waals surface area contributed by atoms with Crippen LogP contribution in [0.1, 0.15) is 28.4 Å². The van der Waals surface area contributed by atoms with Gasteiger partial charge in [-0.1, -0.05) is 67.3 Å². The summed E-state index contributed by atoms with van der Waals surface area (Å²) in [7, 11) is 0. The molecule has 2 rings (SSSR count). The van der Waals surface area contributed by atoms with Crippen LogP contribution in [0.5, 0.6) is 0 Å². The Morgan fingerprint density at radius 1 is 0.947 bits per heavy atom. The Hall–Kier alpha value is -2.41. The lowest BCUT2D eigenvalue weighted by atomic mass is 10.0. The lowest BCUT2D eigenvalue weighted by Crippen LogP contribution is -1.93. The minimum absolute atomic E-state index is 0.0451. The van der Waals surface area contributed by atoms with Gasteiger partial charge in [0.05, 0.1) is 0 Å². The zero-order valence-corrected chi connectivity index (χ0v) is 11.0. The Balaban J connectivity index is 2.25. The van der Waals surface area contributed by atoms with Gasteiger partial charge >= 0.3 is 0 Å². The van der Waals surface area contributed by atoms with Gasteiger partial charge in [0.15, 0.2) is 5.78 Å². The number of hydrogen-bond acceptors (Lipinski definition) is 1. The molecule has 0 atom stereocenters. The smallest absolute Gasteiger partial charge is 0.185 e. The van der Waals surface area contributed by atoms with Crippen molar-refractivity contribution in [3.05, 3.63) is 83.9 Å². The van der Waals surface area contributed by atoms with Gasteiger partial charge in [-0.25, -0.2) is 0 Å². The Morgan fingerprint density at radius 2 is 1.53 bits per heavy atom. The summed E-state index contributed by atoms with van der Waals surface area (Å²) in [5.41, 5.74) is 4.13. The summed E-state index contributed by atoms with van der Waals surface area (Å²) in [6.45, 7) is 5.56. The van der Waals surface area contributed by atoms with E-state index >= 15 is 0 Å². The Bertz CT molecular complexity index is 604.